The van der Waals surface area contributed by atoms with Gasteiger partial charge in [0.15, 0.2) is 0 Å². The smallest absolute Gasteiger partial charge is 0.137 e. The molecule has 2 rings (SSSR count). The molecule has 0 bridgehead atoms. The Labute approximate surface area is 122 Å². The lowest BCUT2D eigenvalue weighted by molar-refractivity contribution is -0.128. The molecule has 1 aromatic carbocycles. The summed E-state index contributed by atoms with van der Waals surface area (Å²) in [7, 11) is 1.69. The Bertz CT molecular complexity index is 502. The molecule has 20 heavy (non-hydrogen) atoms. The average Bonchev–Trinajstić information content (AvgIpc) is 2.37. The molecule has 1 aromatic rings. The molecule has 0 heterocycles. The molecule has 2 nitrogen and oxygen atoms in total. The van der Waals surface area contributed by atoms with Crippen molar-refractivity contribution in [1.82, 2.24) is 0 Å². The fraction of sp³-hybridized carbons (Fsp3) is 0.611. The molecular weight excluding hydrogens is 248 g/mol. The Hall–Kier alpha value is -1.31. The Kier molecular flexibility index (Phi) is 4.22. The van der Waals surface area contributed by atoms with Gasteiger partial charge in [0.25, 0.3) is 0 Å². The summed E-state index contributed by atoms with van der Waals surface area (Å²) in [5.41, 5.74) is 2.38. The van der Waals surface area contributed by atoms with Crippen LogP contribution in [0.2, 0.25) is 0 Å². The molecule has 1 aliphatic carbocycles. The van der Waals surface area contributed by atoms with Gasteiger partial charge in [-0.2, -0.15) is 0 Å². The molecule has 1 fully saturated rings. The average molecular weight is 274 g/mol. The first-order valence-electron chi connectivity index (χ1n) is 7.54. The predicted octanol–water partition coefficient (Wildman–Crippen LogP) is 4.29. The maximum absolute atomic E-state index is 12.4. The van der Waals surface area contributed by atoms with E-state index in [0.29, 0.717) is 11.7 Å². The van der Waals surface area contributed by atoms with E-state index in [-0.39, 0.29) is 11.3 Å². The van der Waals surface area contributed by atoms with Gasteiger partial charge < -0.3 is 4.74 Å². The van der Waals surface area contributed by atoms with Gasteiger partial charge >= 0.3 is 0 Å². The number of rotatable bonds is 3. The van der Waals surface area contributed by atoms with Crippen molar-refractivity contribution in [1.29, 1.82) is 0 Å². The molecule has 2 heteroatoms. The van der Waals surface area contributed by atoms with Crippen molar-refractivity contribution >= 4 is 5.78 Å². The summed E-state index contributed by atoms with van der Waals surface area (Å²) in [5.74, 6) is 2.01. The number of carbonyl (C=O) groups excluding carboxylic acids is 1. The Morgan fingerprint density at radius 1 is 1.25 bits per heavy atom. The quantitative estimate of drug-likeness (QED) is 0.822. The van der Waals surface area contributed by atoms with Gasteiger partial charge in [-0.25, -0.2) is 0 Å². The second-order valence-corrected chi connectivity index (χ2v) is 6.81. The van der Waals surface area contributed by atoms with Gasteiger partial charge in [0.2, 0.25) is 0 Å². The molecule has 0 aromatic heterocycles. The SMILES string of the molecule is COc1ccc(C(C)(C)C2CCC(C)CC2=O)c(C)c1. The van der Waals surface area contributed by atoms with E-state index in [9.17, 15) is 4.79 Å². The van der Waals surface area contributed by atoms with Crippen LogP contribution in [0.15, 0.2) is 18.2 Å². The lowest BCUT2D eigenvalue weighted by atomic mass is 9.64. The van der Waals surface area contributed by atoms with Gasteiger partial charge in [-0.05, 0) is 54.4 Å². The monoisotopic (exact) mass is 274 g/mol. The minimum Gasteiger partial charge on any atom is -0.497 e. The Morgan fingerprint density at radius 3 is 2.50 bits per heavy atom. The van der Waals surface area contributed by atoms with Gasteiger partial charge in [-0.1, -0.05) is 26.8 Å². The van der Waals surface area contributed by atoms with Crippen LogP contribution in [0, 0.1) is 18.8 Å². The molecule has 0 saturated heterocycles. The van der Waals surface area contributed by atoms with Gasteiger partial charge in [0.05, 0.1) is 7.11 Å². The molecule has 0 amide bonds. The predicted molar refractivity (Wildman–Crippen MR) is 82.3 cm³/mol. The van der Waals surface area contributed by atoms with E-state index >= 15 is 0 Å². The molecule has 2 atom stereocenters. The van der Waals surface area contributed by atoms with E-state index in [4.69, 9.17) is 4.74 Å². The topological polar surface area (TPSA) is 26.3 Å². The maximum atomic E-state index is 12.4. The summed E-state index contributed by atoms with van der Waals surface area (Å²) in [5, 5.41) is 0. The zero-order valence-corrected chi connectivity index (χ0v) is 13.3. The highest BCUT2D eigenvalue weighted by atomic mass is 16.5. The number of hydrogen-bond donors (Lipinski definition) is 0. The van der Waals surface area contributed by atoms with Crippen molar-refractivity contribution in [2.45, 2.75) is 52.4 Å². The molecular formula is C18H26O2. The van der Waals surface area contributed by atoms with Crippen LogP contribution in [-0.2, 0) is 10.2 Å². The summed E-state index contributed by atoms with van der Waals surface area (Å²) in [6.45, 7) is 8.70. The number of hydrogen-bond acceptors (Lipinski definition) is 2. The van der Waals surface area contributed by atoms with Gasteiger partial charge in [0, 0.05) is 12.3 Å². The van der Waals surface area contributed by atoms with Crippen molar-refractivity contribution < 1.29 is 9.53 Å². The summed E-state index contributed by atoms with van der Waals surface area (Å²) in [6, 6.07) is 6.19. The van der Waals surface area contributed by atoms with Crippen molar-refractivity contribution in [3.63, 3.8) is 0 Å². The Morgan fingerprint density at radius 2 is 1.95 bits per heavy atom. The van der Waals surface area contributed by atoms with E-state index < -0.39 is 0 Å². The molecule has 0 N–H and O–H groups in total. The van der Waals surface area contributed by atoms with Crippen LogP contribution in [0.25, 0.3) is 0 Å². The lowest BCUT2D eigenvalue weighted by Gasteiger charge is -2.38. The number of benzene rings is 1. The highest BCUT2D eigenvalue weighted by Gasteiger charge is 2.39. The van der Waals surface area contributed by atoms with E-state index in [1.165, 1.54) is 11.1 Å². The third-order valence-electron chi connectivity index (χ3n) is 4.89. The van der Waals surface area contributed by atoms with Crippen LogP contribution in [0.5, 0.6) is 5.75 Å². The number of ether oxygens (including phenoxy) is 1. The van der Waals surface area contributed by atoms with Crippen molar-refractivity contribution in [3.05, 3.63) is 29.3 Å². The van der Waals surface area contributed by atoms with Crippen LogP contribution in [0.1, 0.15) is 51.2 Å². The molecule has 0 spiro atoms. The highest BCUT2D eigenvalue weighted by Crippen LogP contribution is 2.41. The molecule has 2 unspecified atom stereocenters. The third-order valence-corrected chi connectivity index (χ3v) is 4.89. The normalized spacial score (nSPS) is 23.8. The maximum Gasteiger partial charge on any atom is 0.137 e. The second-order valence-electron chi connectivity index (χ2n) is 6.81. The minimum absolute atomic E-state index is 0.104. The zero-order valence-electron chi connectivity index (χ0n) is 13.3. The van der Waals surface area contributed by atoms with Gasteiger partial charge in [-0.15, -0.1) is 0 Å². The fourth-order valence-electron chi connectivity index (χ4n) is 3.64. The number of ketones is 1. The zero-order chi connectivity index (χ0) is 14.9. The number of carbonyl (C=O) groups is 1. The van der Waals surface area contributed by atoms with Crippen LogP contribution in [0.4, 0.5) is 0 Å². The van der Waals surface area contributed by atoms with Crippen LogP contribution < -0.4 is 4.74 Å². The molecule has 0 aliphatic heterocycles. The van der Waals surface area contributed by atoms with Crippen LogP contribution >= 0.6 is 0 Å². The number of aryl methyl sites for hydroxylation is 1. The standard InChI is InChI=1S/C18H26O2/c1-12-6-8-16(17(19)10-12)18(3,4)15-9-7-14(20-5)11-13(15)2/h7,9,11-12,16H,6,8,10H2,1-5H3. The van der Waals surface area contributed by atoms with E-state index in [0.717, 1.165) is 25.0 Å². The molecule has 1 aliphatic rings. The summed E-state index contributed by atoms with van der Waals surface area (Å²) < 4.78 is 5.28. The summed E-state index contributed by atoms with van der Waals surface area (Å²) in [4.78, 5) is 12.4. The second kappa shape index (κ2) is 5.59. The van der Waals surface area contributed by atoms with E-state index in [1.807, 2.05) is 6.07 Å². The van der Waals surface area contributed by atoms with Crippen molar-refractivity contribution in [2.24, 2.45) is 11.8 Å². The highest BCUT2D eigenvalue weighted by molar-refractivity contribution is 5.83. The van der Waals surface area contributed by atoms with Crippen molar-refractivity contribution in [3.8, 4) is 5.75 Å². The molecule has 1 saturated carbocycles. The van der Waals surface area contributed by atoms with Crippen LogP contribution in [0.3, 0.4) is 0 Å². The first kappa shape index (κ1) is 15.1. The summed E-state index contributed by atoms with van der Waals surface area (Å²) >= 11 is 0. The molecule has 110 valence electrons. The lowest BCUT2D eigenvalue weighted by Crippen LogP contribution is -2.38. The Balaban J connectivity index is 2.32. The number of methoxy groups -OCH3 is 1. The molecule has 0 radical (unpaired) electrons. The summed E-state index contributed by atoms with van der Waals surface area (Å²) in [6.07, 6.45) is 2.91. The third kappa shape index (κ3) is 2.74. The van der Waals surface area contributed by atoms with Crippen LogP contribution in [-0.4, -0.2) is 12.9 Å². The van der Waals surface area contributed by atoms with Gasteiger partial charge in [0.1, 0.15) is 11.5 Å². The first-order valence-corrected chi connectivity index (χ1v) is 7.54. The largest absolute Gasteiger partial charge is 0.497 e. The first-order chi connectivity index (χ1) is 9.36. The minimum atomic E-state index is -0.104. The van der Waals surface area contributed by atoms with E-state index in [1.54, 1.807) is 7.11 Å². The number of Topliss-reactive ketones (excluding diaryl/α,β-unsaturated/α-hetero) is 1. The van der Waals surface area contributed by atoms with Crippen molar-refractivity contribution in [2.75, 3.05) is 7.11 Å². The fourth-order valence-corrected chi connectivity index (χ4v) is 3.64. The van der Waals surface area contributed by atoms with Gasteiger partial charge in [-0.3, -0.25) is 4.79 Å². The van der Waals surface area contributed by atoms with E-state index in [2.05, 4.69) is 39.8 Å².